The van der Waals surface area contributed by atoms with Crippen molar-refractivity contribution in [2.45, 2.75) is 39.2 Å². The van der Waals surface area contributed by atoms with Crippen molar-refractivity contribution in [2.75, 3.05) is 12.4 Å². The molecule has 0 atom stereocenters. The van der Waals surface area contributed by atoms with Gasteiger partial charge >= 0.3 is 0 Å². The molecule has 0 saturated carbocycles. The molecule has 4 rings (SSSR count). The summed E-state index contributed by atoms with van der Waals surface area (Å²) in [5.41, 5.74) is 6.25. The fourth-order valence-corrected chi connectivity index (χ4v) is 3.58. The monoisotopic (exact) mass is 349 g/mol. The second kappa shape index (κ2) is 7.20. The molecule has 0 saturated heterocycles. The fourth-order valence-electron chi connectivity index (χ4n) is 3.58. The van der Waals surface area contributed by atoms with Crippen molar-refractivity contribution in [2.24, 2.45) is 0 Å². The van der Waals surface area contributed by atoms with E-state index in [0.29, 0.717) is 24.7 Å². The maximum Gasteiger partial charge on any atom is 0.235 e. The Bertz CT molecular complexity index is 917. The van der Waals surface area contributed by atoms with E-state index in [1.54, 1.807) is 7.11 Å². The molecule has 0 unspecified atom stereocenters. The highest BCUT2D eigenvalue weighted by Gasteiger charge is 2.19. The third kappa shape index (κ3) is 3.29. The zero-order valence-corrected chi connectivity index (χ0v) is 15.2. The SMILES string of the molecule is COc1ccc2c(c1NCc1nnc(Cc3ccccc3C)o1)CCC2. The van der Waals surface area contributed by atoms with Gasteiger partial charge in [-0.15, -0.1) is 10.2 Å². The van der Waals surface area contributed by atoms with Crippen LogP contribution in [0.2, 0.25) is 0 Å². The summed E-state index contributed by atoms with van der Waals surface area (Å²) in [4.78, 5) is 0. The van der Waals surface area contributed by atoms with E-state index >= 15 is 0 Å². The van der Waals surface area contributed by atoms with Gasteiger partial charge in [-0.05, 0) is 54.5 Å². The van der Waals surface area contributed by atoms with Crippen molar-refractivity contribution >= 4 is 5.69 Å². The first-order valence-electron chi connectivity index (χ1n) is 9.03. The molecule has 1 aliphatic carbocycles. The molecule has 0 aliphatic heterocycles. The van der Waals surface area contributed by atoms with E-state index in [1.807, 2.05) is 18.2 Å². The van der Waals surface area contributed by atoms with Gasteiger partial charge in [0.1, 0.15) is 5.75 Å². The van der Waals surface area contributed by atoms with Gasteiger partial charge in [0.05, 0.1) is 25.8 Å². The molecule has 0 amide bonds. The Kier molecular flexibility index (Phi) is 4.61. The van der Waals surface area contributed by atoms with Crippen LogP contribution >= 0.6 is 0 Å². The normalized spacial score (nSPS) is 12.8. The summed E-state index contributed by atoms with van der Waals surface area (Å²) in [6.45, 7) is 2.59. The average Bonchev–Trinajstić information content (AvgIpc) is 3.30. The maximum absolute atomic E-state index is 5.83. The number of nitrogens with one attached hydrogen (secondary N) is 1. The molecule has 5 nitrogen and oxygen atoms in total. The van der Waals surface area contributed by atoms with Crippen LogP contribution in [0.4, 0.5) is 5.69 Å². The molecular weight excluding hydrogens is 326 g/mol. The van der Waals surface area contributed by atoms with Crippen molar-refractivity contribution in [3.8, 4) is 5.75 Å². The number of hydrogen-bond acceptors (Lipinski definition) is 5. The molecule has 1 heterocycles. The molecule has 26 heavy (non-hydrogen) atoms. The van der Waals surface area contributed by atoms with Gasteiger partial charge < -0.3 is 14.5 Å². The lowest BCUT2D eigenvalue weighted by atomic mass is 10.1. The number of hydrogen-bond donors (Lipinski definition) is 1. The summed E-state index contributed by atoms with van der Waals surface area (Å²) in [5.74, 6) is 2.10. The van der Waals surface area contributed by atoms with Gasteiger partial charge in [-0.1, -0.05) is 30.3 Å². The molecule has 0 spiro atoms. The molecule has 1 aromatic heterocycles. The predicted molar refractivity (Wildman–Crippen MR) is 101 cm³/mol. The minimum Gasteiger partial charge on any atom is -0.495 e. The first-order valence-corrected chi connectivity index (χ1v) is 9.03. The molecule has 1 aliphatic rings. The van der Waals surface area contributed by atoms with Gasteiger partial charge in [-0.2, -0.15) is 0 Å². The Morgan fingerprint density at radius 3 is 2.77 bits per heavy atom. The van der Waals surface area contributed by atoms with Crippen molar-refractivity contribution in [3.05, 3.63) is 70.4 Å². The number of aromatic nitrogens is 2. The van der Waals surface area contributed by atoms with Gasteiger partial charge in [0, 0.05) is 0 Å². The van der Waals surface area contributed by atoms with Crippen LogP contribution in [-0.2, 0) is 25.8 Å². The van der Waals surface area contributed by atoms with Crippen molar-refractivity contribution in [3.63, 3.8) is 0 Å². The Balaban J connectivity index is 1.48. The topological polar surface area (TPSA) is 60.2 Å². The highest BCUT2D eigenvalue weighted by atomic mass is 16.5. The number of methoxy groups -OCH3 is 1. The molecule has 2 aromatic carbocycles. The van der Waals surface area contributed by atoms with Crippen molar-refractivity contribution in [1.29, 1.82) is 0 Å². The third-order valence-electron chi connectivity index (χ3n) is 4.99. The molecule has 1 N–H and O–H groups in total. The number of rotatable bonds is 6. The maximum atomic E-state index is 5.83. The van der Waals surface area contributed by atoms with Gasteiger partial charge in [0.25, 0.3) is 0 Å². The van der Waals surface area contributed by atoms with Crippen LogP contribution in [0.1, 0.15) is 40.5 Å². The average molecular weight is 349 g/mol. The van der Waals surface area contributed by atoms with E-state index in [0.717, 1.165) is 24.3 Å². The van der Waals surface area contributed by atoms with E-state index in [2.05, 4.69) is 40.6 Å². The van der Waals surface area contributed by atoms with E-state index in [4.69, 9.17) is 9.15 Å². The van der Waals surface area contributed by atoms with Crippen LogP contribution in [0.3, 0.4) is 0 Å². The van der Waals surface area contributed by atoms with E-state index in [1.165, 1.54) is 28.7 Å². The number of ether oxygens (including phenoxy) is 1. The largest absolute Gasteiger partial charge is 0.495 e. The lowest BCUT2D eigenvalue weighted by Crippen LogP contribution is -2.05. The fraction of sp³-hybridized carbons (Fsp3) is 0.333. The summed E-state index contributed by atoms with van der Waals surface area (Å²) >= 11 is 0. The summed E-state index contributed by atoms with van der Waals surface area (Å²) in [6.07, 6.45) is 4.06. The Labute approximate surface area is 153 Å². The van der Waals surface area contributed by atoms with Crippen molar-refractivity contribution < 1.29 is 9.15 Å². The van der Waals surface area contributed by atoms with Gasteiger partial charge in [0.15, 0.2) is 0 Å². The Morgan fingerprint density at radius 2 is 1.92 bits per heavy atom. The molecular formula is C21H23N3O2. The Morgan fingerprint density at radius 1 is 1.08 bits per heavy atom. The van der Waals surface area contributed by atoms with E-state index in [-0.39, 0.29) is 0 Å². The van der Waals surface area contributed by atoms with Gasteiger partial charge in [-0.3, -0.25) is 0 Å². The zero-order valence-electron chi connectivity index (χ0n) is 15.2. The number of aryl methyl sites for hydroxylation is 2. The van der Waals surface area contributed by atoms with Gasteiger partial charge in [-0.25, -0.2) is 0 Å². The van der Waals surface area contributed by atoms with Crippen molar-refractivity contribution in [1.82, 2.24) is 10.2 Å². The Hall–Kier alpha value is -2.82. The van der Waals surface area contributed by atoms with Crippen LogP contribution in [0, 0.1) is 6.92 Å². The minimum absolute atomic E-state index is 0.494. The lowest BCUT2D eigenvalue weighted by molar-refractivity contribution is 0.415. The molecule has 134 valence electrons. The quantitative estimate of drug-likeness (QED) is 0.727. The highest BCUT2D eigenvalue weighted by molar-refractivity contribution is 5.65. The first-order chi connectivity index (χ1) is 12.7. The summed E-state index contributed by atoms with van der Waals surface area (Å²) in [5, 5.41) is 11.8. The van der Waals surface area contributed by atoms with Gasteiger partial charge in [0.2, 0.25) is 11.8 Å². The first kappa shape index (κ1) is 16.6. The molecule has 0 fully saturated rings. The van der Waals surface area contributed by atoms with Crippen LogP contribution < -0.4 is 10.1 Å². The molecule has 0 bridgehead atoms. The summed E-state index contributed by atoms with van der Waals surface area (Å²) < 4.78 is 11.4. The molecule has 5 heteroatoms. The highest BCUT2D eigenvalue weighted by Crippen LogP contribution is 2.36. The number of nitrogens with zero attached hydrogens (tertiary/aromatic N) is 2. The molecule has 3 aromatic rings. The minimum atomic E-state index is 0.494. The zero-order chi connectivity index (χ0) is 17.9. The third-order valence-corrected chi connectivity index (χ3v) is 4.99. The standard InChI is InChI=1S/C21H23N3O2/c1-14-6-3-4-7-16(14)12-19-23-24-20(26-19)13-22-21-17-9-5-8-15(17)10-11-18(21)25-2/h3-4,6-7,10-11,22H,5,8-9,12-13H2,1-2H3. The summed E-state index contributed by atoms with van der Waals surface area (Å²) in [6, 6.07) is 12.5. The summed E-state index contributed by atoms with van der Waals surface area (Å²) in [7, 11) is 1.70. The van der Waals surface area contributed by atoms with E-state index in [9.17, 15) is 0 Å². The van der Waals surface area contributed by atoms with Crippen LogP contribution in [0.15, 0.2) is 40.8 Å². The lowest BCUT2D eigenvalue weighted by Gasteiger charge is -2.14. The predicted octanol–water partition coefficient (Wildman–Crippen LogP) is 4.08. The van der Waals surface area contributed by atoms with E-state index < -0.39 is 0 Å². The molecule has 0 radical (unpaired) electrons. The smallest absolute Gasteiger partial charge is 0.235 e. The number of fused-ring (bicyclic) bond motifs is 1. The van der Waals surface area contributed by atoms with Crippen LogP contribution in [0.25, 0.3) is 0 Å². The van der Waals surface area contributed by atoms with Crippen LogP contribution in [0.5, 0.6) is 5.75 Å². The number of anilines is 1. The number of benzene rings is 2. The second-order valence-electron chi connectivity index (χ2n) is 6.68. The van der Waals surface area contributed by atoms with Crippen LogP contribution in [-0.4, -0.2) is 17.3 Å². The second-order valence-corrected chi connectivity index (χ2v) is 6.68.